The number of anilines is 1. The van der Waals surface area contributed by atoms with Crippen LogP contribution < -0.4 is 4.90 Å². The number of rotatable bonds is 12. The first-order valence-corrected chi connectivity index (χ1v) is 13.4. The Morgan fingerprint density at radius 2 is 1.76 bits per heavy atom. The minimum absolute atomic E-state index is 0.149. The molecule has 2 rings (SSSR count). The number of hydrogen-bond donors (Lipinski definition) is 0. The summed E-state index contributed by atoms with van der Waals surface area (Å²) in [7, 11) is 0. The molecule has 1 aromatic carbocycles. The Hall–Kier alpha value is -2.04. The summed E-state index contributed by atoms with van der Waals surface area (Å²) in [5.74, 6) is 1.37. The molecule has 5 heteroatoms. The number of hydrogen-bond acceptors (Lipinski definition) is 4. The quantitative estimate of drug-likeness (QED) is 0.318. The van der Waals surface area contributed by atoms with Gasteiger partial charge in [-0.25, -0.2) is 4.79 Å². The van der Waals surface area contributed by atoms with Crippen LogP contribution in [0.3, 0.4) is 0 Å². The van der Waals surface area contributed by atoms with Crippen molar-refractivity contribution < 1.29 is 9.53 Å². The summed E-state index contributed by atoms with van der Waals surface area (Å²) < 4.78 is 5.95. The maximum Gasteiger partial charge on any atom is 0.416 e. The molecule has 0 saturated heterocycles. The van der Waals surface area contributed by atoms with Gasteiger partial charge in [-0.2, -0.15) is 0 Å². The second-order valence-corrected chi connectivity index (χ2v) is 11.6. The van der Waals surface area contributed by atoms with Gasteiger partial charge >= 0.3 is 6.09 Å². The number of benzene rings is 1. The number of amides is 1. The molecule has 5 nitrogen and oxygen atoms in total. The molecule has 0 spiro atoms. The highest BCUT2D eigenvalue weighted by Crippen LogP contribution is 2.31. The Morgan fingerprint density at radius 3 is 2.35 bits per heavy atom. The predicted octanol–water partition coefficient (Wildman–Crippen LogP) is 7.47. The molecule has 1 aliphatic heterocycles. The Morgan fingerprint density at radius 1 is 1.12 bits per heavy atom. The zero-order valence-corrected chi connectivity index (χ0v) is 23.1. The molecule has 0 radical (unpaired) electrons. The normalized spacial score (nSPS) is 16.1. The van der Waals surface area contributed by atoms with E-state index in [9.17, 15) is 4.79 Å². The molecule has 1 aliphatic rings. The lowest BCUT2D eigenvalue weighted by atomic mass is 9.97. The molecular formula is C29H49N3O2. The number of carbonyl (C=O) groups excluding carboxylic acids is 1. The van der Waals surface area contributed by atoms with Crippen molar-refractivity contribution in [2.75, 3.05) is 18.0 Å². The summed E-state index contributed by atoms with van der Waals surface area (Å²) in [6, 6.07) is 6.76. The summed E-state index contributed by atoms with van der Waals surface area (Å²) in [4.78, 5) is 22.3. The summed E-state index contributed by atoms with van der Waals surface area (Å²) in [6.07, 6.45) is 9.11. The fourth-order valence-corrected chi connectivity index (χ4v) is 4.43. The van der Waals surface area contributed by atoms with Gasteiger partial charge in [0.05, 0.1) is 18.6 Å². The van der Waals surface area contributed by atoms with Crippen LogP contribution in [-0.2, 0) is 17.6 Å². The van der Waals surface area contributed by atoms with Crippen LogP contribution in [0.1, 0.15) is 98.6 Å². The van der Waals surface area contributed by atoms with Gasteiger partial charge < -0.3 is 9.64 Å². The van der Waals surface area contributed by atoms with Gasteiger partial charge in [0.25, 0.3) is 0 Å². The summed E-state index contributed by atoms with van der Waals surface area (Å²) in [5.41, 5.74) is 2.95. The third-order valence-electron chi connectivity index (χ3n) is 6.14. The Labute approximate surface area is 209 Å². The van der Waals surface area contributed by atoms with Crippen LogP contribution in [-0.4, -0.2) is 42.2 Å². The lowest BCUT2D eigenvalue weighted by Crippen LogP contribution is -2.52. The van der Waals surface area contributed by atoms with Gasteiger partial charge in [0.1, 0.15) is 11.8 Å². The predicted molar refractivity (Wildman–Crippen MR) is 145 cm³/mol. The highest BCUT2D eigenvalue weighted by molar-refractivity contribution is 5.90. The van der Waals surface area contributed by atoms with E-state index in [2.05, 4.69) is 62.7 Å². The van der Waals surface area contributed by atoms with Crippen LogP contribution in [0.5, 0.6) is 0 Å². The van der Waals surface area contributed by atoms with Crippen LogP contribution >= 0.6 is 0 Å². The van der Waals surface area contributed by atoms with E-state index in [0.717, 1.165) is 44.3 Å². The maximum absolute atomic E-state index is 13.7. The highest BCUT2D eigenvalue weighted by atomic mass is 16.6. The number of carbonyl (C=O) groups is 1. The second kappa shape index (κ2) is 13.2. The van der Waals surface area contributed by atoms with Crippen molar-refractivity contribution in [1.82, 2.24) is 4.90 Å². The molecule has 0 bridgehead atoms. The van der Waals surface area contributed by atoms with E-state index < -0.39 is 5.60 Å². The lowest BCUT2D eigenvalue weighted by molar-refractivity contribution is 0.0544. The number of nitrogens with zero attached hydrogens (tertiary/aromatic N) is 3. The fourth-order valence-electron chi connectivity index (χ4n) is 4.43. The molecule has 1 heterocycles. The van der Waals surface area contributed by atoms with Crippen molar-refractivity contribution in [3.8, 4) is 0 Å². The number of aliphatic imine (C=N–C) groups is 1. The summed E-state index contributed by atoms with van der Waals surface area (Å²) >= 11 is 0. The molecule has 34 heavy (non-hydrogen) atoms. The molecule has 1 atom stereocenters. The third kappa shape index (κ3) is 8.96. The summed E-state index contributed by atoms with van der Waals surface area (Å²) in [5, 5.41) is 0. The molecular weight excluding hydrogens is 422 g/mol. The third-order valence-corrected chi connectivity index (χ3v) is 6.14. The molecule has 0 N–H and O–H groups in total. The zero-order chi connectivity index (χ0) is 25.3. The van der Waals surface area contributed by atoms with Gasteiger partial charge in [-0.05, 0) is 81.9 Å². The lowest BCUT2D eigenvalue weighted by Gasteiger charge is -2.37. The first-order valence-electron chi connectivity index (χ1n) is 13.4. The van der Waals surface area contributed by atoms with E-state index in [-0.39, 0.29) is 12.3 Å². The monoisotopic (exact) mass is 471 g/mol. The highest BCUT2D eigenvalue weighted by Gasteiger charge is 2.35. The minimum Gasteiger partial charge on any atom is -0.443 e. The van der Waals surface area contributed by atoms with Crippen molar-refractivity contribution in [3.63, 3.8) is 0 Å². The van der Waals surface area contributed by atoms with E-state index in [1.165, 1.54) is 24.0 Å². The first kappa shape index (κ1) is 28.2. The first-order chi connectivity index (χ1) is 16.0. The van der Waals surface area contributed by atoms with Crippen molar-refractivity contribution in [2.45, 2.75) is 112 Å². The zero-order valence-electron chi connectivity index (χ0n) is 23.1. The largest absolute Gasteiger partial charge is 0.443 e. The molecule has 0 aromatic heterocycles. The van der Waals surface area contributed by atoms with E-state index in [0.29, 0.717) is 18.4 Å². The van der Waals surface area contributed by atoms with Gasteiger partial charge in [0.15, 0.2) is 0 Å². The van der Waals surface area contributed by atoms with Gasteiger partial charge in [-0.1, -0.05) is 59.6 Å². The van der Waals surface area contributed by atoms with Crippen LogP contribution in [0.25, 0.3) is 0 Å². The van der Waals surface area contributed by atoms with E-state index >= 15 is 0 Å². The molecule has 0 saturated carbocycles. The second-order valence-electron chi connectivity index (χ2n) is 11.6. The van der Waals surface area contributed by atoms with Crippen LogP contribution in [0.15, 0.2) is 23.2 Å². The Bertz CT molecular complexity index is 795. The van der Waals surface area contributed by atoms with Crippen molar-refractivity contribution in [3.05, 3.63) is 29.3 Å². The molecule has 0 aliphatic carbocycles. The number of ether oxygens (including phenoxy) is 1. The molecule has 192 valence electrons. The van der Waals surface area contributed by atoms with Crippen molar-refractivity contribution >= 4 is 18.1 Å². The average Bonchev–Trinajstić information content (AvgIpc) is 3.16. The number of aryl methyl sites for hydroxylation is 2. The van der Waals surface area contributed by atoms with Gasteiger partial charge in [-0.15, -0.1) is 0 Å². The summed E-state index contributed by atoms with van der Waals surface area (Å²) in [6.45, 7) is 18.5. The van der Waals surface area contributed by atoms with E-state index in [1.54, 1.807) is 0 Å². The van der Waals surface area contributed by atoms with Crippen LogP contribution in [0, 0.1) is 11.8 Å². The maximum atomic E-state index is 13.7. The minimum atomic E-state index is -0.558. The fraction of sp³-hybridized carbons (Fsp3) is 0.724. The van der Waals surface area contributed by atoms with Gasteiger partial charge in [0.2, 0.25) is 0 Å². The molecule has 1 amide bonds. The average molecular weight is 472 g/mol. The van der Waals surface area contributed by atoms with Crippen LogP contribution in [0.4, 0.5) is 10.5 Å². The van der Waals surface area contributed by atoms with E-state index in [1.807, 2.05) is 32.0 Å². The molecule has 1 aromatic rings. The molecule has 1 unspecified atom stereocenters. The molecule has 0 fully saturated rings. The van der Waals surface area contributed by atoms with Crippen LogP contribution in [0.2, 0.25) is 0 Å². The SMILES string of the molecule is CCCN1C=NCC1N(C(=O)OC(C)(C)C)c1cc(CCCC(C)C)ccc1CCCC(C)C. The van der Waals surface area contributed by atoms with Crippen molar-refractivity contribution in [2.24, 2.45) is 16.8 Å². The topological polar surface area (TPSA) is 45.1 Å². The van der Waals surface area contributed by atoms with E-state index in [4.69, 9.17) is 4.74 Å². The standard InChI is InChI=1S/C29H49N3O2/c1-9-18-31-21-30-20-27(31)32(28(33)34-29(6,7)8)26-19-24(14-10-12-22(2)3)16-17-25(26)15-11-13-23(4)5/h16-17,19,21-23,27H,9-15,18,20H2,1-8H3. The van der Waals surface area contributed by atoms with Gasteiger partial charge in [0, 0.05) is 6.54 Å². The smallest absolute Gasteiger partial charge is 0.416 e. The van der Waals surface area contributed by atoms with Gasteiger partial charge in [-0.3, -0.25) is 9.89 Å². The Kier molecular flexibility index (Phi) is 10.9. The Balaban J connectivity index is 2.46. The van der Waals surface area contributed by atoms with Crippen molar-refractivity contribution in [1.29, 1.82) is 0 Å².